The van der Waals surface area contributed by atoms with E-state index in [-0.39, 0.29) is 0 Å². The molecule has 106 valence electrons. The molecule has 0 fully saturated rings. The van der Waals surface area contributed by atoms with Gasteiger partial charge in [-0.2, -0.15) is 0 Å². The zero-order valence-electron chi connectivity index (χ0n) is 11.5. The Morgan fingerprint density at radius 1 is 0.905 bits per heavy atom. The average Bonchev–Trinajstić information content (AvgIpc) is 2.53. The summed E-state index contributed by atoms with van der Waals surface area (Å²) in [6.07, 6.45) is -0.641. The van der Waals surface area contributed by atoms with Gasteiger partial charge < -0.3 is 10.4 Å². The van der Waals surface area contributed by atoms with Gasteiger partial charge in [0.1, 0.15) is 0 Å². The standard InChI is InChI=1S/C18H16ClNO/c19-16-10-4-3-9-15(16)18(21)12-20-17-11-5-7-13-6-1-2-8-14(13)17/h1-11,18,20-21H,12H2. The third kappa shape index (κ3) is 3.02. The lowest BCUT2D eigenvalue weighted by Gasteiger charge is -2.15. The fraction of sp³-hybridized carbons (Fsp3) is 0.111. The van der Waals surface area contributed by atoms with Crippen molar-refractivity contribution in [1.29, 1.82) is 0 Å². The van der Waals surface area contributed by atoms with Gasteiger partial charge in [-0.1, -0.05) is 66.2 Å². The zero-order valence-corrected chi connectivity index (χ0v) is 12.2. The van der Waals surface area contributed by atoms with Crippen LogP contribution in [0.15, 0.2) is 66.7 Å². The number of halogens is 1. The molecule has 0 spiro atoms. The van der Waals surface area contributed by atoms with E-state index in [0.29, 0.717) is 11.6 Å². The van der Waals surface area contributed by atoms with E-state index >= 15 is 0 Å². The van der Waals surface area contributed by atoms with Crippen molar-refractivity contribution < 1.29 is 5.11 Å². The van der Waals surface area contributed by atoms with Crippen molar-refractivity contribution in [3.8, 4) is 0 Å². The van der Waals surface area contributed by atoms with Crippen molar-refractivity contribution >= 4 is 28.1 Å². The van der Waals surface area contributed by atoms with E-state index in [1.165, 1.54) is 5.39 Å². The molecule has 1 unspecified atom stereocenters. The summed E-state index contributed by atoms with van der Waals surface area (Å²) in [4.78, 5) is 0. The van der Waals surface area contributed by atoms with Gasteiger partial charge in [0.05, 0.1) is 6.10 Å². The SMILES string of the molecule is OC(CNc1cccc2ccccc12)c1ccccc1Cl. The summed E-state index contributed by atoms with van der Waals surface area (Å²) in [6.45, 7) is 0.414. The number of fused-ring (bicyclic) bond motifs is 1. The van der Waals surface area contributed by atoms with Gasteiger partial charge >= 0.3 is 0 Å². The quantitative estimate of drug-likeness (QED) is 0.735. The van der Waals surface area contributed by atoms with Crippen LogP contribution in [0.1, 0.15) is 11.7 Å². The Morgan fingerprint density at radius 2 is 1.62 bits per heavy atom. The lowest BCUT2D eigenvalue weighted by molar-refractivity contribution is 0.192. The van der Waals surface area contributed by atoms with Crippen LogP contribution in [0.3, 0.4) is 0 Å². The fourth-order valence-corrected chi connectivity index (χ4v) is 2.70. The van der Waals surface area contributed by atoms with Crippen LogP contribution in [0.25, 0.3) is 10.8 Å². The van der Waals surface area contributed by atoms with E-state index < -0.39 is 6.10 Å². The minimum Gasteiger partial charge on any atom is -0.387 e. The smallest absolute Gasteiger partial charge is 0.0976 e. The van der Waals surface area contributed by atoms with Crippen LogP contribution in [0.5, 0.6) is 0 Å². The van der Waals surface area contributed by atoms with E-state index in [4.69, 9.17) is 11.6 Å². The lowest BCUT2D eigenvalue weighted by Crippen LogP contribution is -2.12. The van der Waals surface area contributed by atoms with Crippen LogP contribution in [0.2, 0.25) is 5.02 Å². The monoisotopic (exact) mass is 297 g/mol. The minimum atomic E-state index is -0.641. The predicted octanol–water partition coefficient (Wildman–Crippen LogP) is 4.64. The molecule has 0 aliphatic heterocycles. The van der Waals surface area contributed by atoms with Crippen LogP contribution in [0.4, 0.5) is 5.69 Å². The summed E-state index contributed by atoms with van der Waals surface area (Å²) < 4.78 is 0. The average molecular weight is 298 g/mol. The van der Waals surface area contributed by atoms with Crippen LogP contribution < -0.4 is 5.32 Å². The highest BCUT2D eigenvalue weighted by atomic mass is 35.5. The number of aliphatic hydroxyl groups excluding tert-OH is 1. The highest BCUT2D eigenvalue weighted by Crippen LogP contribution is 2.26. The highest BCUT2D eigenvalue weighted by molar-refractivity contribution is 6.31. The van der Waals surface area contributed by atoms with Gasteiger partial charge in [-0.25, -0.2) is 0 Å². The predicted molar refractivity (Wildman–Crippen MR) is 88.8 cm³/mol. The molecule has 0 saturated heterocycles. The third-order valence-corrected chi connectivity index (χ3v) is 3.88. The molecule has 0 aliphatic rings. The maximum absolute atomic E-state index is 10.3. The van der Waals surface area contributed by atoms with Crippen molar-refractivity contribution in [2.24, 2.45) is 0 Å². The number of hydrogen-bond acceptors (Lipinski definition) is 2. The number of hydrogen-bond donors (Lipinski definition) is 2. The summed E-state index contributed by atoms with van der Waals surface area (Å²) in [6, 6.07) is 21.6. The summed E-state index contributed by atoms with van der Waals surface area (Å²) in [5, 5.41) is 16.5. The summed E-state index contributed by atoms with van der Waals surface area (Å²) in [5.74, 6) is 0. The molecule has 0 aromatic heterocycles. The molecule has 2 N–H and O–H groups in total. The van der Waals surface area contributed by atoms with Crippen LogP contribution >= 0.6 is 11.6 Å². The summed E-state index contributed by atoms with van der Waals surface area (Å²) in [7, 11) is 0. The molecular formula is C18H16ClNO. The maximum Gasteiger partial charge on any atom is 0.0976 e. The van der Waals surface area contributed by atoms with E-state index in [1.54, 1.807) is 6.07 Å². The zero-order chi connectivity index (χ0) is 14.7. The Hall–Kier alpha value is -2.03. The Balaban J connectivity index is 1.79. The largest absolute Gasteiger partial charge is 0.387 e. The van der Waals surface area contributed by atoms with Gasteiger partial charge in [0.25, 0.3) is 0 Å². The normalized spacial score (nSPS) is 12.3. The number of benzene rings is 3. The van der Waals surface area contributed by atoms with Gasteiger partial charge in [-0.15, -0.1) is 0 Å². The van der Waals surface area contributed by atoms with Gasteiger partial charge in [-0.05, 0) is 17.5 Å². The molecule has 21 heavy (non-hydrogen) atoms. The lowest BCUT2D eigenvalue weighted by atomic mass is 10.1. The van der Waals surface area contributed by atoms with Crippen molar-refractivity contribution in [3.63, 3.8) is 0 Å². The van der Waals surface area contributed by atoms with Crippen molar-refractivity contribution in [3.05, 3.63) is 77.3 Å². The van der Waals surface area contributed by atoms with Crippen molar-refractivity contribution in [1.82, 2.24) is 0 Å². The van der Waals surface area contributed by atoms with Crippen LogP contribution in [0, 0.1) is 0 Å². The first-order valence-electron chi connectivity index (χ1n) is 6.90. The minimum absolute atomic E-state index is 0.414. The number of rotatable bonds is 4. The first kappa shape index (κ1) is 13.9. The Kier molecular flexibility index (Phi) is 4.09. The molecule has 0 radical (unpaired) electrons. The molecule has 2 nitrogen and oxygen atoms in total. The topological polar surface area (TPSA) is 32.3 Å². The Bertz CT molecular complexity index is 752. The van der Waals surface area contributed by atoms with Crippen molar-refractivity contribution in [2.45, 2.75) is 6.10 Å². The summed E-state index contributed by atoms with van der Waals surface area (Å²) >= 11 is 6.11. The van der Waals surface area contributed by atoms with E-state index in [1.807, 2.05) is 42.5 Å². The fourth-order valence-electron chi connectivity index (χ4n) is 2.44. The second kappa shape index (κ2) is 6.17. The molecule has 0 saturated carbocycles. The van der Waals surface area contributed by atoms with Gasteiger partial charge in [-0.3, -0.25) is 0 Å². The van der Waals surface area contributed by atoms with E-state index in [2.05, 4.69) is 23.5 Å². The van der Waals surface area contributed by atoms with Crippen molar-refractivity contribution in [2.75, 3.05) is 11.9 Å². The Morgan fingerprint density at radius 3 is 2.48 bits per heavy atom. The van der Waals surface area contributed by atoms with Gasteiger partial charge in [0.2, 0.25) is 0 Å². The van der Waals surface area contributed by atoms with E-state index in [0.717, 1.165) is 16.6 Å². The van der Waals surface area contributed by atoms with Gasteiger partial charge in [0, 0.05) is 28.2 Å². The second-order valence-corrected chi connectivity index (χ2v) is 5.35. The van der Waals surface area contributed by atoms with Crippen LogP contribution in [-0.2, 0) is 0 Å². The third-order valence-electron chi connectivity index (χ3n) is 3.54. The molecule has 0 aliphatic carbocycles. The molecule has 0 bridgehead atoms. The first-order valence-corrected chi connectivity index (χ1v) is 7.27. The molecule has 3 rings (SSSR count). The van der Waals surface area contributed by atoms with E-state index in [9.17, 15) is 5.11 Å². The molecule has 3 aromatic carbocycles. The van der Waals surface area contributed by atoms with Crippen LogP contribution in [-0.4, -0.2) is 11.7 Å². The summed E-state index contributed by atoms with van der Waals surface area (Å²) in [5.41, 5.74) is 1.76. The molecule has 3 heteroatoms. The molecule has 0 amide bonds. The second-order valence-electron chi connectivity index (χ2n) is 4.94. The molecule has 3 aromatic rings. The maximum atomic E-state index is 10.3. The first-order chi connectivity index (χ1) is 10.3. The molecular weight excluding hydrogens is 282 g/mol. The Labute approximate surface area is 129 Å². The molecule has 0 heterocycles. The van der Waals surface area contributed by atoms with Gasteiger partial charge in [0.15, 0.2) is 0 Å². The number of nitrogens with one attached hydrogen (secondary N) is 1. The highest BCUT2D eigenvalue weighted by Gasteiger charge is 2.11. The number of aliphatic hydroxyl groups is 1. The number of anilines is 1. The molecule has 1 atom stereocenters.